The number of carbonyl (C=O) groups is 2. The highest BCUT2D eigenvalue weighted by Crippen LogP contribution is 2.11. The molecule has 1 aromatic rings. The summed E-state index contributed by atoms with van der Waals surface area (Å²) in [5, 5.41) is 5.57. The number of nitrogens with zero attached hydrogens (tertiary/aromatic N) is 1. The van der Waals surface area contributed by atoms with Crippen LogP contribution in [0.3, 0.4) is 0 Å². The lowest BCUT2D eigenvalue weighted by molar-refractivity contribution is -0.124. The Balaban J connectivity index is 2.60. The Morgan fingerprint density at radius 2 is 2.05 bits per heavy atom. The van der Waals surface area contributed by atoms with E-state index in [4.69, 9.17) is 5.73 Å². The number of anilines is 1. The van der Waals surface area contributed by atoms with Gasteiger partial charge >= 0.3 is 6.03 Å². The SMILES string of the molecule is CC(CN)C(=O)NCc1cccc(NC(=O)N(C)C)c1. The Labute approximate surface area is 119 Å². The van der Waals surface area contributed by atoms with E-state index in [1.165, 1.54) is 4.90 Å². The van der Waals surface area contributed by atoms with Gasteiger partial charge in [0.15, 0.2) is 0 Å². The van der Waals surface area contributed by atoms with Crippen LogP contribution in [0.1, 0.15) is 12.5 Å². The van der Waals surface area contributed by atoms with E-state index in [2.05, 4.69) is 10.6 Å². The molecule has 0 bridgehead atoms. The van der Waals surface area contributed by atoms with Crippen LogP contribution in [0.4, 0.5) is 10.5 Å². The molecule has 110 valence electrons. The van der Waals surface area contributed by atoms with Gasteiger partial charge in [0.25, 0.3) is 0 Å². The summed E-state index contributed by atoms with van der Waals surface area (Å²) in [6, 6.07) is 7.16. The molecule has 0 radical (unpaired) electrons. The van der Waals surface area contributed by atoms with E-state index in [1.54, 1.807) is 27.1 Å². The van der Waals surface area contributed by atoms with Gasteiger partial charge in [-0.05, 0) is 17.7 Å². The smallest absolute Gasteiger partial charge is 0.321 e. The molecule has 1 unspecified atom stereocenters. The molecule has 1 rings (SSSR count). The third kappa shape index (κ3) is 4.89. The van der Waals surface area contributed by atoms with E-state index < -0.39 is 0 Å². The first kappa shape index (κ1) is 16.0. The van der Waals surface area contributed by atoms with Crippen LogP contribution < -0.4 is 16.4 Å². The van der Waals surface area contributed by atoms with E-state index in [1.807, 2.05) is 18.2 Å². The Bertz CT molecular complexity index is 474. The molecule has 0 aliphatic rings. The number of hydrogen-bond donors (Lipinski definition) is 3. The molecule has 0 saturated heterocycles. The van der Waals surface area contributed by atoms with Crippen LogP contribution in [-0.4, -0.2) is 37.5 Å². The third-order valence-electron chi connectivity index (χ3n) is 2.85. The van der Waals surface area contributed by atoms with Crippen LogP contribution in [0.5, 0.6) is 0 Å². The Morgan fingerprint density at radius 1 is 1.35 bits per heavy atom. The molecule has 0 spiro atoms. The topological polar surface area (TPSA) is 87.5 Å². The predicted molar refractivity (Wildman–Crippen MR) is 79.2 cm³/mol. The second-order valence-corrected chi connectivity index (χ2v) is 4.88. The monoisotopic (exact) mass is 278 g/mol. The number of nitrogens with two attached hydrogens (primary N) is 1. The molecule has 6 nitrogen and oxygen atoms in total. The van der Waals surface area contributed by atoms with Crippen molar-refractivity contribution in [1.29, 1.82) is 0 Å². The molecule has 0 fully saturated rings. The van der Waals surface area contributed by atoms with Gasteiger partial charge in [0.05, 0.1) is 0 Å². The molecule has 0 aliphatic carbocycles. The van der Waals surface area contributed by atoms with Gasteiger partial charge in [-0.2, -0.15) is 0 Å². The summed E-state index contributed by atoms with van der Waals surface area (Å²) in [4.78, 5) is 24.6. The first-order valence-electron chi connectivity index (χ1n) is 6.49. The minimum atomic E-state index is -0.202. The fourth-order valence-corrected chi connectivity index (χ4v) is 1.46. The average Bonchev–Trinajstić information content (AvgIpc) is 2.44. The first-order chi connectivity index (χ1) is 9.43. The van der Waals surface area contributed by atoms with Crippen molar-refractivity contribution in [3.05, 3.63) is 29.8 Å². The summed E-state index contributed by atoms with van der Waals surface area (Å²) < 4.78 is 0. The van der Waals surface area contributed by atoms with E-state index in [0.717, 1.165) is 5.56 Å². The summed E-state index contributed by atoms with van der Waals surface area (Å²) >= 11 is 0. The summed E-state index contributed by atoms with van der Waals surface area (Å²) in [5.41, 5.74) is 7.05. The van der Waals surface area contributed by atoms with Crippen molar-refractivity contribution in [2.24, 2.45) is 11.7 Å². The van der Waals surface area contributed by atoms with Crippen LogP contribution in [0.15, 0.2) is 24.3 Å². The number of amides is 3. The Kier molecular flexibility index (Phi) is 5.99. The van der Waals surface area contributed by atoms with E-state index in [9.17, 15) is 9.59 Å². The van der Waals surface area contributed by atoms with Gasteiger partial charge in [0.1, 0.15) is 0 Å². The van der Waals surface area contributed by atoms with Gasteiger partial charge in [-0.15, -0.1) is 0 Å². The molecule has 20 heavy (non-hydrogen) atoms. The zero-order chi connectivity index (χ0) is 15.1. The highest BCUT2D eigenvalue weighted by Gasteiger charge is 2.10. The van der Waals surface area contributed by atoms with Gasteiger partial charge in [-0.25, -0.2) is 4.79 Å². The van der Waals surface area contributed by atoms with Crippen molar-refractivity contribution >= 4 is 17.6 Å². The third-order valence-corrected chi connectivity index (χ3v) is 2.85. The van der Waals surface area contributed by atoms with Gasteiger partial charge in [0, 0.05) is 38.8 Å². The molecule has 0 heterocycles. The molecule has 0 aliphatic heterocycles. The largest absolute Gasteiger partial charge is 0.352 e. The number of rotatable bonds is 5. The van der Waals surface area contributed by atoms with E-state index >= 15 is 0 Å². The number of hydrogen-bond acceptors (Lipinski definition) is 3. The second kappa shape index (κ2) is 7.49. The summed E-state index contributed by atoms with van der Waals surface area (Å²) in [6.07, 6.45) is 0. The molecule has 1 atom stereocenters. The lowest BCUT2D eigenvalue weighted by atomic mass is 10.1. The fourth-order valence-electron chi connectivity index (χ4n) is 1.46. The minimum absolute atomic E-state index is 0.0739. The molecule has 0 aromatic heterocycles. The molecule has 4 N–H and O–H groups in total. The maximum Gasteiger partial charge on any atom is 0.321 e. The summed E-state index contributed by atoms with van der Waals surface area (Å²) in [7, 11) is 3.35. The zero-order valence-corrected chi connectivity index (χ0v) is 12.1. The van der Waals surface area contributed by atoms with Crippen LogP contribution in [-0.2, 0) is 11.3 Å². The maximum absolute atomic E-state index is 11.6. The van der Waals surface area contributed by atoms with Gasteiger partial charge < -0.3 is 21.3 Å². The molecule has 0 saturated carbocycles. The van der Waals surface area contributed by atoms with Gasteiger partial charge in [-0.1, -0.05) is 19.1 Å². The van der Waals surface area contributed by atoms with Crippen molar-refractivity contribution < 1.29 is 9.59 Å². The Hall–Kier alpha value is -2.08. The number of urea groups is 1. The zero-order valence-electron chi connectivity index (χ0n) is 12.1. The van der Waals surface area contributed by atoms with Gasteiger partial charge in [0.2, 0.25) is 5.91 Å². The average molecular weight is 278 g/mol. The standard InChI is InChI=1S/C14H22N4O2/c1-10(8-15)13(19)16-9-11-5-4-6-12(7-11)17-14(20)18(2)3/h4-7,10H,8-9,15H2,1-3H3,(H,16,19)(H,17,20). The summed E-state index contributed by atoms with van der Waals surface area (Å²) in [5.74, 6) is -0.276. The minimum Gasteiger partial charge on any atom is -0.352 e. The van der Waals surface area contributed by atoms with Crippen LogP contribution in [0.2, 0.25) is 0 Å². The van der Waals surface area contributed by atoms with Crippen molar-refractivity contribution in [2.45, 2.75) is 13.5 Å². The maximum atomic E-state index is 11.6. The van der Waals surface area contributed by atoms with Crippen molar-refractivity contribution in [3.63, 3.8) is 0 Å². The summed E-state index contributed by atoms with van der Waals surface area (Å²) in [6.45, 7) is 2.52. The number of nitrogens with one attached hydrogen (secondary N) is 2. The number of carbonyl (C=O) groups excluding carboxylic acids is 2. The number of benzene rings is 1. The predicted octanol–water partition coefficient (Wildman–Crippen LogP) is 0.991. The lowest BCUT2D eigenvalue weighted by Gasteiger charge is -2.13. The highest BCUT2D eigenvalue weighted by molar-refractivity contribution is 5.89. The van der Waals surface area contributed by atoms with Crippen molar-refractivity contribution in [1.82, 2.24) is 10.2 Å². The second-order valence-electron chi connectivity index (χ2n) is 4.88. The molecular formula is C14H22N4O2. The first-order valence-corrected chi connectivity index (χ1v) is 6.49. The highest BCUT2D eigenvalue weighted by atomic mass is 16.2. The molecule has 3 amide bonds. The van der Waals surface area contributed by atoms with Crippen molar-refractivity contribution in [2.75, 3.05) is 26.0 Å². The van der Waals surface area contributed by atoms with Crippen LogP contribution in [0.25, 0.3) is 0 Å². The van der Waals surface area contributed by atoms with Crippen LogP contribution >= 0.6 is 0 Å². The quantitative estimate of drug-likeness (QED) is 0.750. The van der Waals surface area contributed by atoms with Gasteiger partial charge in [-0.3, -0.25) is 4.79 Å². The van der Waals surface area contributed by atoms with E-state index in [-0.39, 0.29) is 17.9 Å². The molecule has 1 aromatic carbocycles. The van der Waals surface area contributed by atoms with E-state index in [0.29, 0.717) is 18.8 Å². The lowest BCUT2D eigenvalue weighted by Crippen LogP contribution is -2.32. The van der Waals surface area contributed by atoms with Crippen LogP contribution in [0, 0.1) is 5.92 Å². The molecule has 6 heteroatoms. The normalized spacial score (nSPS) is 11.6. The fraction of sp³-hybridized carbons (Fsp3) is 0.429. The molecular weight excluding hydrogens is 256 g/mol. The Morgan fingerprint density at radius 3 is 2.65 bits per heavy atom. The van der Waals surface area contributed by atoms with Crippen molar-refractivity contribution in [3.8, 4) is 0 Å².